The number of nitrogens with zero attached hydrogens (tertiary/aromatic N) is 3. The first-order chi connectivity index (χ1) is 11.6. The number of aryl methyl sites for hydroxylation is 2. The number of urea groups is 1. The molecule has 1 aromatic carbocycles. The van der Waals surface area contributed by atoms with Crippen LogP contribution in [0.2, 0.25) is 0 Å². The Labute approximate surface area is 142 Å². The van der Waals surface area contributed by atoms with Crippen molar-refractivity contribution in [2.45, 2.75) is 33.2 Å². The van der Waals surface area contributed by atoms with Gasteiger partial charge in [-0.25, -0.2) is 14.8 Å². The maximum absolute atomic E-state index is 12.1. The standard InChI is InChI=1S/C18H23N5O/c1-13-9-14(2)11-16(10-13)22-18(24)20-12-15-5-6-19-17(21-15)23-7-3-4-8-23/h5-6,9-11H,3-4,7-8,12H2,1-2H3,(H2,20,22,24). The highest BCUT2D eigenvalue weighted by molar-refractivity contribution is 5.89. The highest BCUT2D eigenvalue weighted by Crippen LogP contribution is 2.15. The first-order valence-corrected chi connectivity index (χ1v) is 8.30. The molecule has 0 aliphatic carbocycles. The minimum absolute atomic E-state index is 0.235. The molecule has 3 rings (SSSR count). The van der Waals surface area contributed by atoms with Crippen molar-refractivity contribution in [3.05, 3.63) is 47.3 Å². The number of anilines is 2. The first-order valence-electron chi connectivity index (χ1n) is 8.30. The van der Waals surface area contributed by atoms with Gasteiger partial charge in [0.2, 0.25) is 5.95 Å². The molecule has 0 bridgehead atoms. The number of nitrogens with one attached hydrogen (secondary N) is 2. The van der Waals surface area contributed by atoms with Crippen molar-refractivity contribution >= 4 is 17.7 Å². The van der Waals surface area contributed by atoms with Crippen molar-refractivity contribution in [2.75, 3.05) is 23.3 Å². The van der Waals surface area contributed by atoms with Crippen LogP contribution >= 0.6 is 0 Å². The Balaban J connectivity index is 1.57. The number of hydrogen-bond donors (Lipinski definition) is 2. The van der Waals surface area contributed by atoms with Gasteiger partial charge in [-0.2, -0.15) is 0 Å². The molecular weight excluding hydrogens is 302 g/mol. The molecule has 0 spiro atoms. The topological polar surface area (TPSA) is 70.2 Å². The van der Waals surface area contributed by atoms with Crippen molar-refractivity contribution < 1.29 is 4.79 Å². The lowest BCUT2D eigenvalue weighted by Crippen LogP contribution is -2.29. The molecule has 1 aliphatic rings. The quantitative estimate of drug-likeness (QED) is 0.906. The van der Waals surface area contributed by atoms with Crippen LogP contribution in [0.25, 0.3) is 0 Å². The van der Waals surface area contributed by atoms with Gasteiger partial charge >= 0.3 is 6.03 Å². The zero-order valence-electron chi connectivity index (χ0n) is 14.2. The monoisotopic (exact) mass is 325 g/mol. The third-order valence-corrected chi connectivity index (χ3v) is 4.00. The zero-order chi connectivity index (χ0) is 16.9. The Morgan fingerprint density at radius 3 is 2.58 bits per heavy atom. The molecule has 1 fully saturated rings. The lowest BCUT2D eigenvalue weighted by atomic mass is 10.1. The van der Waals surface area contributed by atoms with Crippen LogP contribution in [0, 0.1) is 13.8 Å². The predicted molar refractivity (Wildman–Crippen MR) is 95.3 cm³/mol. The van der Waals surface area contributed by atoms with Gasteiger partial charge in [0.15, 0.2) is 0 Å². The van der Waals surface area contributed by atoms with E-state index in [0.717, 1.165) is 41.5 Å². The largest absolute Gasteiger partial charge is 0.341 e. The SMILES string of the molecule is Cc1cc(C)cc(NC(=O)NCc2ccnc(N3CCCC3)n2)c1. The minimum atomic E-state index is -0.235. The summed E-state index contributed by atoms with van der Waals surface area (Å²) < 4.78 is 0. The van der Waals surface area contributed by atoms with E-state index in [9.17, 15) is 4.79 Å². The second-order valence-corrected chi connectivity index (χ2v) is 6.23. The second-order valence-electron chi connectivity index (χ2n) is 6.23. The smallest absolute Gasteiger partial charge is 0.319 e. The van der Waals surface area contributed by atoms with E-state index >= 15 is 0 Å². The second kappa shape index (κ2) is 7.29. The molecular formula is C18H23N5O. The highest BCUT2D eigenvalue weighted by atomic mass is 16.2. The third-order valence-electron chi connectivity index (χ3n) is 4.00. The minimum Gasteiger partial charge on any atom is -0.341 e. The highest BCUT2D eigenvalue weighted by Gasteiger charge is 2.15. The van der Waals surface area contributed by atoms with E-state index < -0.39 is 0 Å². The fourth-order valence-electron chi connectivity index (χ4n) is 2.95. The van der Waals surface area contributed by atoms with E-state index in [1.165, 1.54) is 12.8 Å². The van der Waals surface area contributed by atoms with Gasteiger partial charge < -0.3 is 15.5 Å². The predicted octanol–water partition coefficient (Wildman–Crippen LogP) is 3.02. The van der Waals surface area contributed by atoms with E-state index in [1.54, 1.807) is 6.20 Å². The van der Waals surface area contributed by atoms with Crippen LogP contribution in [0.4, 0.5) is 16.4 Å². The molecule has 0 unspecified atom stereocenters. The average Bonchev–Trinajstić information content (AvgIpc) is 3.07. The summed E-state index contributed by atoms with van der Waals surface area (Å²) in [6.45, 7) is 6.40. The summed E-state index contributed by atoms with van der Waals surface area (Å²) >= 11 is 0. The van der Waals surface area contributed by atoms with E-state index in [-0.39, 0.29) is 6.03 Å². The number of carbonyl (C=O) groups excluding carboxylic acids is 1. The Kier molecular flexibility index (Phi) is 4.93. The van der Waals surface area contributed by atoms with Gasteiger partial charge in [-0.3, -0.25) is 0 Å². The summed E-state index contributed by atoms with van der Waals surface area (Å²) in [7, 11) is 0. The van der Waals surface area contributed by atoms with Crippen LogP contribution in [0.5, 0.6) is 0 Å². The van der Waals surface area contributed by atoms with Crippen molar-refractivity contribution in [1.29, 1.82) is 0 Å². The Hall–Kier alpha value is -2.63. The molecule has 1 saturated heterocycles. The molecule has 24 heavy (non-hydrogen) atoms. The van der Waals surface area contributed by atoms with Gasteiger partial charge in [-0.05, 0) is 56.0 Å². The average molecular weight is 325 g/mol. The number of aromatic nitrogens is 2. The van der Waals surface area contributed by atoms with Crippen molar-refractivity contribution in [3.8, 4) is 0 Å². The van der Waals surface area contributed by atoms with E-state index in [0.29, 0.717) is 6.54 Å². The molecule has 2 amide bonds. The van der Waals surface area contributed by atoms with Gasteiger partial charge in [0.1, 0.15) is 0 Å². The van der Waals surface area contributed by atoms with Crippen molar-refractivity contribution in [2.24, 2.45) is 0 Å². The van der Waals surface area contributed by atoms with Gasteiger partial charge in [-0.15, -0.1) is 0 Å². The van der Waals surface area contributed by atoms with Crippen molar-refractivity contribution in [1.82, 2.24) is 15.3 Å². The van der Waals surface area contributed by atoms with Gasteiger partial charge in [0.25, 0.3) is 0 Å². The van der Waals surface area contributed by atoms with Gasteiger partial charge in [0, 0.05) is 25.0 Å². The van der Waals surface area contributed by atoms with E-state index in [1.807, 2.05) is 32.0 Å². The fraction of sp³-hybridized carbons (Fsp3) is 0.389. The molecule has 2 N–H and O–H groups in total. The molecule has 126 valence electrons. The van der Waals surface area contributed by atoms with Crippen LogP contribution in [0.1, 0.15) is 29.7 Å². The first kappa shape index (κ1) is 16.2. The lowest BCUT2D eigenvalue weighted by molar-refractivity contribution is 0.251. The normalized spacial score (nSPS) is 13.8. The Morgan fingerprint density at radius 2 is 1.88 bits per heavy atom. The maximum atomic E-state index is 12.1. The molecule has 0 radical (unpaired) electrons. The molecule has 1 aromatic heterocycles. The number of hydrogen-bond acceptors (Lipinski definition) is 4. The molecule has 6 heteroatoms. The number of amides is 2. The number of rotatable bonds is 4. The molecule has 2 aromatic rings. The van der Waals surface area contributed by atoms with Crippen LogP contribution in [0.3, 0.4) is 0 Å². The van der Waals surface area contributed by atoms with Crippen LogP contribution in [-0.2, 0) is 6.54 Å². The van der Waals surface area contributed by atoms with E-state index in [2.05, 4.69) is 31.6 Å². The van der Waals surface area contributed by atoms with Gasteiger partial charge in [0.05, 0.1) is 12.2 Å². The Bertz CT molecular complexity index is 705. The molecule has 6 nitrogen and oxygen atoms in total. The van der Waals surface area contributed by atoms with Crippen LogP contribution < -0.4 is 15.5 Å². The molecule has 0 saturated carbocycles. The lowest BCUT2D eigenvalue weighted by Gasteiger charge is -2.15. The summed E-state index contributed by atoms with van der Waals surface area (Å²) in [4.78, 5) is 23.1. The maximum Gasteiger partial charge on any atom is 0.319 e. The van der Waals surface area contributed by atoms with E-state index in [4.69, 9.17) is 0 Å². The summed E-state index contributed by atoms with van der Waals surface area (Å²) in [5.41, 5.74) is 3.85. The zero-order valence-corrected chi connectivity index (χ0v) is 14.2. The summed E-state index contributed by atoms with van der Waals surface area (Å²) in [5.74, 6) is 0.751. The summed E-state index contributed by atoms with van der Waals surface area (Å²) in [5, 5.41) is 5.70. The van der Waals surface area contributed by atoms with Crippen LogP contribution in [0.15, 0.2) is 30.5 Å². The fourth-order valence-corrected chi connectivity index (χ4v) is 2.95. The summed E-state index contributed by atoms with van der Waals surface area (Å²) in [6.07, 6.45) is 4.12. The molecule has 0 atom stereocenters. The number of carbonyl (C=O) groups is 1. The molecule has 1 aliphatic heterocycles. The van der Waals surface area contributed by atoms with Crippen LogP contribution in [-0.4, -0.2) is 29.1 Å². The third kappa shape index (κ3) is 4.22. The molecule has 2 heterocycles. The Morgan fingerprint density at radius 1 is 1.17 bits per heavy atom. The number of benzene rings is 1. The summed E-state index contributed by atoms with van der Waals surface area (Å²) in [6, 6.07) is 7.56. The van der Waals surface area contributed by atoms with Gasteiger partial charge in [-0.1, -0.05) is 6.07 Å². The van der Waals surface area contributed by atoms with Crippen molar-refractivity contribution in [3.63, 3.8) is 0 Å².